The second-order valence-electron chi connectivity index (χ2n) is 9.69. The predicted octanol–water partition coefficient (Wildman–Crippen LogP) is 4.03. The zero-order valence-electron chi connectivity index (χ0n) is 19.2. The number of hydrogen-bond acceptors (Lipinski definition) is 5. The van der Waals surface area contributed by atoms with Crippen LogP contribution in [-0.2, 0) is 10.2 Å². The number of benzene rings is 2. The van der Waals surface area contributed by atoms with Gasteiger partial charge in [-0.25, -0.2) is 0 Å². The van der Waals surface area contributed by atoms with E-state index >= 15 is 0 Å². The van der Waals surface area contributed by atoms with Crippen LogP contribution >= 0.6 is 12.4 Å². The summed E-state index contributed by atoms with van der Waals surface area (Å²) in [5.41, 5.74) is 2.16. The summed E-state index contributed by atoms with van der Waals surface area (Å²) in [5, 5.41) is 0. The van der Waals surface area contributed by atoms with E-state index in [0.29, 0.717) is 43.3 Å². The highest BCUT2D eigenvalue weighted by atomic mass is 35.5. The van der Waals surface area contributed by atoms with Crippen molar-refractivity contribution in [1.29, 1.82) is 0 Å². The Labute approximate surface area is 201 Å². The Morgan fingerprint density at radius 2 is 1.67 bits per heavy atom. The van der Waals surface area contributed by atoms with E-state index in [1.165, 1.54) is 0 Å². The minimum absolute atomic E-state index is 0. The lowest BCUT2D eigenvalue weighted by Crippen LogP contribution is -2.46. The van der Waals surface area contributed by atoms with Crippen molar-refractivity contribution in [1.82, 2.24) is 4.90 Å². The van der Waals surface area contributed by atoms with Crippen molar-refractivity contribution in [3.8, 4) is 17.2 Å². The van der Waals surface area contributed by atoms with Gasteiger partial charge in [0.05, 0.1) is 0 Å². The van der Waals surface area contributed by atoms with Gasteiger partial charge in [-0.2, -0.15) is 0 Å². The number of hydrogen-bond donors (Lipinski definition) is 0. The van der Waals surface area contributed by atoms with Gasteiger partial charge in [0.25, 0.3) is 0 Å². The second kappa shape index (κ2) is 8.41. The van der Waals surface area contributed by atoms with Gasteiger partial charge < -0.3 is 24.0 Å². The zero-order chi connectivity index (χ0) is 21.9. The molecule has 6 rings (SSSR count). The molecule has 0 aliphatic carbocycles. The van der Waals surface area contributed by atoms with Gasteiger partial charge >= 0.3 is 0 Å². The Kier molecular flexibility index (Phi) is 5.69. The summed E-state index contributed by atoms with van der Waals surface area (Å²) in [5.74, 6) is 2.76. The number of rotatable bonds is 3. The van der Waals surface area contributed by atoms with E-state index in [4.69, 9.17) is 14.2 Å². The van der Waals surface area contributed by atoms with Crippen LogP contribution in [0.15, 0.2) is 36.4 Å². The minimum Gasteiger partial charge on any atom is -0.491 e. The number of likely N-dealkylation sites (tertiary alicyclic amines) is 1. The van der Waals surface area contributed by atoms with E-state index in [2.05, 4.69) is 30.9 Å². The van der Waals surface area contributed by atoms with E-state index < -0.39 is 5.41 Å². The Balaban J connectivity index is 0.00000228. The van der Waals surface area contributed by atoms with Crippen molar-refractivity contribution >= 4 is 24.0 Å². The average molecular weight is 471 g/mol. The lowest BCUT2D eigenvalue weighted by Gasteiger charge is -2.36. The quantitative estimate of drug-likeness (QED) is 0.678. The van der Waals surface area contributed by atoms with E-state index in [1.54, 1.807) is 0 Å². The maximum atomic E-state index is 14.1. The third-order valence-electron chi connectivity index (χ3n) is 7.63. The molecule has 2 aromatic rings. The van der Waals surface area contributed by atoms with Gasteiger partial charge in [0, 0.05) is 29.9 Å². The van der Waals surface area contributed by atoms with Crippen LogP contribution < -0.4 is 19.1 Å². The number of carbonyl (C=O) groups excluding carboxylic acids is 1. The molecule has 1 spiro atoms. The zero-order valence-corrected chi connectivity index (χ0v) is 20.0. The van der Waals surface area contributed by atoms with Crippen LogP contribution in [-0.4, -0.2) is 56.3 Å². The van der Waals surface area contributed by atoms with Crippen LogP contribution in [0.2, 0.25) is 0 Å². The lowest BCUT2D eigenvalue weighted by molar-refractivity contribution is -0.122. The fourth-order valence-corrected chi connectivity index (χ4v) is 5.80. The topological polar surface area (TPSA) is 51.2 Å². The number of halogens is 1. The summed E-state index contributed by atoms with van der Waals surface area (Å²) in [7, 11) is 0. The van der Waals surface area contributed by atoms with Crippen LogP contribution in [0.5, 0.6) is 17.2 Å². The largest absolute Gasteiger partial charge is 0.491 e. The Bertz CT molecular complexity index is 1070. The van der Waals surface area contributed by atoms with Gasteiger partial charge in [-0.15, -0.1) is 12.4 Å². The molecule has 1 fully saturated rings. The maximum absolute atomic E-state index is 14.1. The molecule has 2 aromatic carbocycles. The molecular formula is C26H31ClN2O4. The molecule has 0 N–H and O–H groups in total. The first-order chi connectivity index (χ1) is 15.6. The lowest BCUT2D eigenvalue weighted by atomic mass is 9.77. The van der Waals surface area contributed by atoms with E-state index in [1.807, 2.05) is 29.2 Å². The first-order valence-corrected chi connectivity index (χ1v) is 11.8. The molecular weight excluding hydrogens is 440 g/mol. The van der Waals surface area contributed by atoms with Crippen molar-refractivity contribution in [3.05, 3.63) is 47.5 Å². The van der Waals surface area contributed by atoms with Gasteiger partial charge in [0.2, 0.25) is 5.91 Å². The molecule has 0 bridgehead atoms. The summed E-state index contributed by atoms with van der Waals surface area (Å²) in [6, 6.07) is 12.7. The molecule has 1 unspecified atom stereocenters. The summed E-state index contributed by atoms with van der Waals surface area (Å²) in [4.78, 5) is 18.7. The minimum atomic E-state index is -0.805. The Morgan fingerprint density at radius 1 is 0.970 bits per heavy atom. The number of carbonyl (C=O) groups is 1. The number of anilines is 1. The fourth-order valence-electron chi connectivity index (χ4n) is 5.80. The van der Waals surface area contributed by atoms with Crippen molar-refractivity contribution in [2.45, 2.75) is 38.1 Å². The van der Waals surface area contributed by atoms with Crippen LogP contribution in [0.4, 0.5) is 5.69 Å². The highest BCUT2D eigenvalue weighted by Gasteiger charge is 2.57. The molecule has 1 atom stereocenters. The van der Waals surface area contributed by atoms with Crippen LogP contribution in [0, 0.1) is 5.92 Å². The normalized spacial score (nSPS) is 24.0. The molecule has 1 saturated heterocycles. The molecule has 4 heterocycles. The number of para-hydroxylation sites is 1. The van der Waals surface area contributed by atoms with Gasteiger partial charge in [-0.05, 0) is 63.4 Å². The molecule has 0 radical (unpaired) electrons. The first kappa shape index (κ1) is 22.4. The van der Waals surface area contributed by atoms with Crippen molar-refractivity contribution in [2.75, 3.05) is 44.4 Å². The molecule has 4 aliphatic rings. The Hall–Kier alpha value is -2.44. The maximum Gasteiger partial charge on any atom is 0.245 e. The smallest absolute Gasteiger partial charge is 0.245 e. The van der Waals surface area contributed by atoms with E-state index in [0.717, 1.165) is 55.0 Å². The molecule has 4 aliphatic heterocycles. The summed E-state index contributed by atoms with van der Waals surface area (Å²) >= 11 is 0. The van der Waals surface area contributed by atoms with Crippen LogP contribution in [0.25, 0.3) is 0 Å². The molecule has 33 heavy (non-hydrogen) atoms. The van der Waals surface area contributed by atoms with Gasteiger partial charge in [0.15, 0.2) is 11.5 Å². The number of nitrogens with zero attached hydrogens (tertiary/aromatic N) is 2. The fraction of sp³-hybridized carbons (Fsp3) is 0.500. The number of piperidine rings is 1. The van der Waals surface area contributed by atoms with Gasteiger partial charge in [-0.3, -0.25) is 4.79 Å². The summed E-state index contributed by atoms with van der Waals surface area (Å²) in [6.45, 7) is 8.87. The van der Waals surface area contributed by atoms with Crippen molar-refractivity contribution < 1.29 is 19.0 Å². The van der Waals surface area contributed by atoms with E-state index in [-0.39, 0.29) is 18.3 Å². The monoisotopic (exact) mass is 470 g/mol. The van der Waals surface area contributed by atoms with E-state index in [9.17, 15) is 4.79 Å². The first-order valence-electron chi connectivity index (χ1n) is 11.8. The average Bonchev–Trinajstić information content (AvgIpc) is 3.30. The SMILES string of the molecule is CC(C)N1CCC(CN2C(=O)C3(COc4cc5c(cc43)OCCO5)c3ccccc32)CC1.Cl. The highest BCUT2D eigenvalue weighted by molar-refractivity contribution is 6.11. The third kappa shape index (κ3) is 3.38. The van der Waals surface area contributed by atoms with Crippen LogP contribution in [0.3, 0.4) is 0 Å². The molecule has 6 nitrogen and oxygen atoms in total. The molecule has 1 amide bonds. The molecule has 0 saturated carbocycles. The highest BCUT2D eigenvalue weighted by Crippen LogP contribution is 2.55. The third-order valence-corrected chi connectivity index (χ3v) is 7.63. The number of ether oxygens (including phenoxy) is 3. The van der Waals surface area contributed by atoms with Crippen LogP contribution in [0.1, 0.15) is 37.8 Å². The van der Waals surface area contributed by atoms with Crippen molar-refractivity contribution in [2.24, 2.45) is 5.92 Å². The molecule has 7 heteroatoms. The summed E-state index contributed by atoms with van der Waals surface area (Å²) in [6.07, 6.45) is 2.26. The van der Waals surface area contributed by atoms with Gasteiger partial charge in [-0.1, -0.05) is 18.2 Å². The standard InChI is InChI=1S/C26H30N2O4.ClH/c1-17(2)27-9-7-18(8-10-27)15-28-21-6-4-3-5-19(21)26(25(28)29)16-32-22-14-24-23(13-20(22)26)30-11-12-31-24;/h3-6,13-14,17-18H,7-12,15-16H2,1-2H3;1H. The second-order valence-corrected chi connectivity index (χ2v) is 9.69. The number of fused-ring (bicyclic) bond motifs is 5. The summed E-state index contributed by atoms with van der Waals surface area (Å²) < 4.78 is 17.7. The number of amides is 1. The molecule has 176 valence electrons. The predicted molar refractivity (Wildman–Crippen MR) is 129 cm³/mol. The Morgan fingerprint density at radius 3 is 2.39 bits per heavy atom. The van der Waals surface area contributed by atoms with Gasteiger partial charge in [0.1, 0.15) is 31.0 Å². The molecule has 0 aromatic heterocycles. The van der Waals surface area contributed by atoms with Crippen molar-refractivity contribution in [3.63, 3.8) is 0 Å².